The largest absolute Gasteiger partial charge is 0.481 e. The van der Waals surface area contributed by atoms with Gasteiger partial charge >= 0.3 is 5.97 Å². The Labute approximate surface area is 200 Å². The van der Waals surface area contributed by atoms with Crippen LogP contribution in [-0.2, 0) is 33.9 Å². The van der Waals surface area contributed by atoms with Crippen molar-refractivity contribution in [3.8, 4) is 11.5 Å². The maximum absolute atomic E-state index is 12.5. The van der Waals surface area contributed by atoms with Crippen LogP contribution in [0, 0.1) is 0 Å². The first kappa shape index (κ1) is 25.2. The summed E-state index contributed by atoms with van der Waals surface area (Å²) < 4.78 is 29.2. The molecular formula is C27H28O6S. The molecule has 0 spiro atoms. The molecule has 0 bridgehead atoms. The molecule has 0 aliphatic heterocycles. The van der Waals surface area contributed by atoms with Gasteiger partial charge in [-0.3, -0.25) is 9.59 Å². The quantitative estimate of drug-likeness (QED) is 0.370. The number of aryl methyl sites for hydroxylation is 2. The molecule has 6 nitrogen and oxygen atoms in total. The van der Waals surface area contributed by atoms with Gasteiger partial charge in [-0.25, -0.2) is 8.42 Å². The predicted molar refractivity (Wildman–Crippen MR) is 131 cm³/mol. The SMILES string of the molecule is CS(=O)(=O)CCc1cc(CC(=O)O)ccc1Oc1ccc(C(=O)CCCc2ccccc2)cc1. The molecular weight excluding hydrogens is 452 g/mol. The fraction of sp³-hybridized carbons (Fsp3) is 0.259. The van der Waals surface area contributed by atoms with Crippen molar-refractivity contribution in [2.45, 2.75) is 32.1 Å². The number of hydrogen-bond donors (Lipinski definition) is 1. The molecule has 0 heterocycles. The Balaban J connectivity index is 1.66. The van der Waals surface area contributed by atoms with Crippen LogP contribution in [0.15, 0.2) is 72.8 Å². The fourth-order valence-electron chi connectivity index (χ4n) is 3.59. The molecule has 0 fully saturated rings. The summed E-state index contributed by atoms with van der Waals surface area (Å²) in [7, 11) is -3.20. The lowest BCUT2D eigenvalue weighted by Crippen LogP contribution is -2.08. The third kappa shape index (κ3) is 8.15. The second kappa shape index (κ2) is 11.6. The molecule has 0 aliphatic rings. The Morgan fingerprint density at radius 2 is 1.59 bits per heavy atom. The summed E-state index contributed by atoms with van der Waals surface area (Å²) >= 11 is 0. The number of carbonyl (C=O) groups is 2. The molecule has 0 saturated carbocycles. The number of carboxylic acids is 1. The summed E-state index contributed by atoms with van der Waals surface area (Å²) in [6.45, 7) is 0. The summed E-state index contributed by atoms with van der Waals surface area (Å²) in [4.78, 5) is 23.6. The molecule has 3 aromatic rings. The topological polar surface area (TPSA) is 97.7 Å². The Morgan fingerprint density at radius 1 is 0.882 bits per heavy atom. The smallest absolute Gasteiger partial charge is 0.307 e. The van der Waals surface area contributed by atoms with E-state index in [0.717, 1.165) is 19.1 Å². The zero-order valence-corrected chi connectivity index (χ0v) is 19.9. The number of benzene rings is 3. The van der Waals surface area contributed by atoms with Gasteiger partial charge in [0.05, 0.1) is 12.2 Å². The van der Waals surface area contributed by atoms with Crippen LogP contribution >= 0.6 is 0 Å². The van der Waals surface area contributed by atoms with Crippen LogP contribution in [0.1, 0.15) is 39.9 Å². The molecule has 1 N–H and O–H groups in total. The molecule has 0 atom stereocenters. The first-order valence-electron chi connectivity index (χ1n) is 11.1. The lowest BCUT2D eigenvalue weighted by Gasteiger charge is -2.13. The van der Waals surface area contributed by atoms with Gasteiger partial charge in [0.15, 0.2) is 5.78 Å². The lowest BCUT2D eigenvalue weighted by molar-refractivity contribution is -0.136. The molecule has 0 aliphatic carbocycles. The van der Waals surface area contributed by atoms with E-state index in [4.69, 9.17) is 9.84 Å². The summed E-state index contributed by atoms with van der Waals surface area (Å²) in [5.74, 6) is -0.00991. The molecule has 0 saturated heterocycles. The molecule has 7 heteroatoms. The molecule has 3 aromatic carbocycles. The Bertz CT molecular complexity index is 1230. The molecule has 3 rings (SSSR count). The van der Waals surface area contributed by atoms with E-state index in [-0.39, 0.29) is 24.4 Å². The number of ketones is 1. The summed E-state index contributed by atoms with van der Waals surface area (Å²) in [5, 5.41) is 9.05. The summed E-state index contributed by atoms with van der Waals surface area (Å²) in [6, 6.07) is 21.9. The first-order valence-corrected chi connectivity index (χ1v) is 13.1. The lowest BCUT2D eigenvalue weighted by atomic mass is 10.0. The molecule has 178 valence electrons. The summed E-state index contributed by atoms with van der Waals surface area (Å²) in [5.41, 5.74) is 3.00. The van der Waals surface area contributed by atoms with Gasteiger partial charge in [0, 0.05) is 18.2 Å². The van der Waals surface area contributed by atoms with E-state index >= 15 is 0 Å². The maximum Gasteiger partial charge on any atom is 0.307 e. The minimum Gasteiger partial charge on any atom is -0.481 e. The highest BCUT2D eigenvalue weighted by molar-refractivity contribution is 7.90. The molecule has 34 heavy (non-hydrogen) atoms. The van der Waals surface area contributed by atoms with E-state index in [1.807, 2.05) is 18.2 Å². The zero-order chi connectivity index (χ0) is 24.6. The number of carboxylic acid groups (broad SMARTS) is 1. The maximum atomic E-state index is 12.5. The van der Waals surface area contributed by atoms with E-state index in [1.165, 1.54) is 5.56 Å². The van der Waals surface area contributed by atoms with Gasteiger partial charge in [-0.05, 0) is 66.3 Å². The van der Waals surface area contributed by atoms with E-state index < -0.39 is 15.8 Å². The number of rotatable bonds is 12. The van der Waals surface area contributed by atoms with Crippen molar-refractivity contribution >= 4 is 21.6 Å². The fourth-order valence-corrected chi connectivity index (χ4v) is 4.18. The van der Waals surface area contributed by atoms with E-state index in [1.54, 1.807) is 42.5 Å². The Morgan fingerprint density at radius 3 is 2.24 bits per heavy atom. The third-order valence-electron chi connectivity index (χ3n) is 5.34. The standard InChI is InChI=1S/C27H28O6S/c1-34(31,32)17-16-23-18-21(19-27(29)30)10-15-26(23)33-24-13-11-22(12-14-24)25(28)9-5-8-20-6-3-2-4-7-20/h2-4,6-7,10-15,18H,5,8-9,16-17,19H2,1H3,(H,29,30). The van der Waals surface area contributed by atoms with E-state index in [9.17, 15) is 18.0 Å². The molecule has 0 amide bonds. The monoisotopic (exact) mass is 480 g/mol. The van der Waals surface area contributed by atoms with Crippen LogP contribution in [-0.4, -0.2) is 37.3 Å². The van der Waals surface area contributed by atoms with Gasteiger partial charge < -0.3 is 9.84 Å². The van der Waals surface area contributed by atoms with Gasteiger partial charge in [0.25, 0.3) is 0 Å². The number of sulfone groups is 1. The van der Waals surface area contributed by atoms with Gasteiger partial charge in [0.2, 0.25) is 0 Å². The number of aliphatic carboxylic acids is 1. The van der Waals surface area contributed by atoms with Gasteiger partial charge in [-0.2, -0.15) is 0 Å². The highest BCUT2D eigenvalue weighted by Gasteiger charge is 2.13. The van der Waals surface area contributed by atoms with Crippen molar-refractivity contribution in [3.63, 3.8) is 0 Å². The minimum absolute atomic E-state index is 0.0642. The van der Waals surface area contributed by atoms with Crippen molar-refractivity contribution in [1.82, 2.24) is 0 Å². The van der Waals surface area contributed by atoms with Crippen LogP contribution in [0.3, 0.4) is 0 Å². The first-order chi connectivity index (χ1) is 16.2. The van der Waals surface area contributed by atoms with Crippen molar-refractivity contribution in [1.29, 1.82) is 0 Å². The number of Topliss-reactive ketones (excluding diaryl/α,β-unsaturated/α-hetero) is 1. The van der Waals surface area contributed by atoms with Crippen molar-refractivity contribution in [2.24, 2.45) is 0 Å². The molecule has 0 unspecified atom stereocenters. The van der Waals surface area contributed by atoms with E-state index in [0.29, 0.717) is 34.6 Å². The van der Waals surface area contributed by atoms with Crippen molar-refractivity contribution in [2.75, 3.05) is 12.0 Å². The Kier molecular flexibility index (Phi) is 8.60. The van der Waals surface area contributed by atoms with Gasteiger partial charge in [0.1, 0.15) is 21.3 Å². The summed E-state index contributed by atoms with van der Waals surface area (Å²) in [6.07, 6.45) is 3.28. The van der Waals surface area contributed by atoms with Gasteiger partial charge in [-0.15, -0.1) is 0 Å². The third-order valence-corrected chi connectivity index (χ3v) is 6.28. The minimum atomic E-state index is -3.20. The number of carbonyl (C=O) groups excluding carboxylic acids is 1. The van der Waals surface area contributed by atoms with Crippen LogP contribution in [0.2, 0.25) is 0 Å². The zero-order valence-electron chi connectivity index (χ0n) is 19.1. The predicted octanol–water partition coefficient (Wildman–Crippen LogP) is 4.90. The second-order valence-electron chi connectivity index (χ2n) is 8.28. The van der Waals surface area contributed by atoms with Crippen LogP contribution in [0.5, 0.6) is 11.5 Å². The average molecular weight is 481 g/mol. The normalized spacial score (nSPS) is 11.2. The van der Waals surface area contributed by atoms with E-state index in [2.05, 4.69) is 12.1 Å². The highest BCUT2D eigenvalue weighted by Crippen LogP contribution is 2.28. The molecule has 0 radical (unpaired) electrons. The Hall–Kier alpha value is -3.45. The van der Waals surface area contributed by atoms with Gasteiger partial charge in [-0.1, -0.05) is 42.5 Å². The van der Waals surface area contributed by atoms with Crippen LogP contribution in [0.25, 0.3) is 0 Å². The average Bonchev–Trinajstić information content (AvgIpc) is 2.79. The van der Waals surface area contributed by atoms with Crippen LogP contribution in [0.4, 0.5) is 0 Å². The highest BCUT2D eigenvalue weighted by atomic mass is 32.2. The van der Waals surface area contributed by atoms with Crippen molar-refractivity contribution < 1.29 is 27.9 Å². The van der Waals surface area contributed by atoms with Crippen molar-refractivity contribution in [3.05, 3.63) is 95.1 Å². The second-order valence-corrected chi connectivity index (χ2v) is 10.5. The number of ether oxygens (including phenoxy) is 1. The number of hydrogen-bond acceptors (Lipinski definition) is 5. The van der Waals surface area contributed by atoms with Crippen LogP contribution < -0.4 is 4.74 Å². The molecule has 0 aromatic heterocycles.